The van der Waals surface area contributed by atoms with Gasteiger partial charge in [-0.25, -0.2) is 4.39 Å². The van der Waals surface area contributed by atoms with E-state index in [2.05, 4.69) is 15.9 Å². The molecule has 0 spiro atoms. The smallest absolute Gasteiger partial charge is 0.137 e. The molecule has 1 fully saturated rings. The molecule has 3 N–H and O–H groups in total. The summed E-state index contributed by atoms with van der Waals surface area (Å²) in [5, 5.41) is 10.7. The molecule has 106 valence electrons. The molecule has 19 heavy (non-hydrogen) atoms. The van der Waals surface area contributed by atoms with Gasteiger partial charge in [0.25, 0.3) is 0 Å². The van der Waals surface area contributed by atoms with E-state index in [0.717, 1.165) is 25.7 Å². The number of nitrogens with two attached hydrogens (primary N) is 1. The Morgan fingerprint density at radius 1 is 1.26 bits per heavy atom. The third kappa shape index (κ3) is 3.18. The predicted molar refractivity (Wildman–Crippen MR) is 78.2 cm³/mol. The van der Waals surface area contributed by atoms with E-state index in [1.54, 1.807) is 12.1 Å². The van der Waals surface area contributed by atoms with Crippen LogP contribution in [0.4, 0.5) is 4.39 Å². The van der Waals surface area contributed by atoms with E-state index in [0.29, 0.717) is 16.6 Å². The summed E-state index contributed by atoms with van der Waals surface area (Å²) in [6.07, 6.45) is 5.73. The zero-order valence-corrected chi connectivity index (χ0v) is 12.6. The van der Waals surface area contributed by atoms with Crippen LogP contribution in [0.5, 0.6) is 0 Å². The summed E-state index contributed by atoms with van der Waals surface area (Å²) in [7, 11) is 0. The number of aliphatic hydroxyl groups excluding tert-OH is 1. The zero-order valence-electron chi connectivity index (χ0n) is 11.0. The number of aliphatic hydroxyl groups is 1. The van der Waals surface area contributed by atoms with Crippen molar-refractivity contribution in [2.45, 2.75) is 44.6 Å². The van der Waals surface area contributed by atoms with Crippen molar-refractivity contribution in [1.82, 2.24) is 0 Å². The molecule has 1 unspecified atom stereocenters. The molecular weight excluding hydrogens is 309 g/mol. The molecule has 0 radical (unpaired) electrons. The zero-order chi connectivity index (χ0) is 13.9. The van der Waals surface area contributed by atoms with Crippen LogP contribution < -0.4 is 5.73 Å². The average molecular weight is 330 g/mol. The van der Waals surface area contributed by atoms with Crippen molar-refractivity contribution in [3.63, 3.8) is 0 Å². The number of halogens is 2. The van der Waals surface area contributed by atoms with Gasteiger partial charge in [-0.2, -0.15) is 0 Å². The van der Waals surface area contributed by atoms with E-state index in [9.17, 15) is 9.50 Å². The first-order valence-electron chi connectivity index (χ1n) is 6.92. The van der Waals surface area contributed by atoms with Gasteiger partial charge >= 0.3 is 0 Å². The fourth-order valence-corrected chi connectivity index (χ4v) is 3.30. The summed E-state index contributed by atoms with van der Waals surface area (Å²) in [6, 6.07) is 4.84. The maximum absolute atomic E-state index is 13.6. The van der Waals surface area contributed by atoms with Crippen LogP contribution in [0.15, 0.2) is 22.7 Å². The molecule has 0 aliphatic heterocycles. The highest BCUT2D eigenvalue weighted by molar-refractivity contribution is 9.10. The fourth-order valence-electron chi connectivity index (χ4n) is 3.06. The standard InChI is InChI=1S/C15H21BrFNO/c16-12-6-5-11(9-13(12)17)14(19)15(10-18)7-3-1-2-4-8-15/h5-6,9,14,19H,1-4,7-8,10,18H2. The molecule has 0 bridgehead atoms. The Kier molecular flexibility index (Phi) is 4.98. The minimum Gasteiger partial charge on any atom is -0.388 e. The van der Waals surface area contributed by atoms with E-state index in [1.165, 1.54) is 18.9 Å². The molecule has 2 rings (SSSR count). The third-order valence-electron chi connectivity index (χ3n) is 4.35. The second-order valence-corrected chi connectivity index (χ2v) is 6.41. The first kappa shape index (κ1) is 14.9. The second kappa shape index (κ2) is 6.33. The highest BCUT2D eigenvalue weighted by atomic mass is 79.9. The van der Waals surface area contributed by atoms with E-state index in [4.69, 9.17) is 5.73 Å². The normalized spacial score (nSPS) is 20.8. The number of hydrogen-bond acceptors (Lipinski definition) is 2. The molecule has 0 saturated heterocycles. The highest BCUT2D eigenvalue weighted by Gasteiger charge is 2.37. The SMILES string of the molecule is NCC1(C(O)c2ccc(Br)c(F)c2)CCCCCC1. The van der Waals surface area contributed by atoms with E-state index in [1.807, 2.05) is 0 Å². The highest BCUT2D eigenvalue weighted by Crippen LogP contribution is 2.44. The summed E-state index contributed by atoms with van der Waals surface area (Å²) in [5.41, 5.74) is 6.29. The summed E-state index contributed by atoms with van der Waals surface area (Å²) in [4.78, 5) is 0. The van der Waals surface area contributed by atoms with Crippen LogP contribution in [0.25, 0.3) is 0 Å². The fraction of sp³-hybridized carbons (Fsp3) is 0.600. The topological polar surface area (TPSA) is 46.2 Å². The van der Waals surface area contributed by atoms with Gasteiger partial charge in [-0.1, -0.05) is 31.7 Å². The van der Waals surface area contributed by atoms with Crippen molar-refractivity contribution < 1.29 is 9.50 Å². The maximum Gasteiger partial charge on any atom is 0.137 e. The summed E-state index contributed by atoms with van der Waals surface area (Å²) < 4.78 is 14.0. The molecule has 1 aliphatic carbocycles. The molecular formula is C15H21BrFNO. The molecule has 1 aromatic carbocycles. The third-order valence-corrected chi connectivity index (χ3v) is 4.99. The van der Waals surface area contributed by atoms with E-state index < -0.39 is 6.10 Å². The van der Waals surface area contributed by atoms with Gasteiger partial charge in [0, 0.05) is 12.0 Å². The van der Waals surface area contributed by atoms with Crippen LogP contribution in [0.3, 0.4) is 0 Å². The summed E-state index contributed by atoms with van der Waals surface area (Å²) in [5.74, 6) is -0.336. The van der Waals surface area contributed by atoms with Crippen molar-refractivity contribution in [2.24, 2.45) is 11.1 Å². The first-order valence-corrected chi connectivity index (χ1v) is 7.71. The number of hydrogen-bond donors (Lipinski definition) is 2. The molecule has 1 saturated carbocycles. The predicted octanol–water partition coefficient (Wildman–Crippen LogP) is 3.92. The largest absolute Gasteiger partial charge is 0.388 e. The Labute approximate surface area is 122 Å². The molecule has 1 aliphatic rings. The molecule has 4 heteroatoms. The van der Waals surface area contributed by atoms with Gasteiger partial charge < -0.3 is 10.8 Å². The lowest BCUT2D eigenvalue weighted by molar-refractivity contribution is 0.0164. The van der Waals surface area contributed by atoms with Crippen LogP contribution in [-0.4, -0.2) is 11.7 Å². The molecule has 1 atom stereocenters. The van der Waals surface area contributed by atoms with Gasteiger partial charge in [0.05, 0.1) is 10.6 Å². The Morgan fingerprint density at radius 2 is 1.89 bits per heavy atom. The Morgan fingerprint density at radius 3 is 2.42 bits per heavy atom. The lowest BCUT2D eigenvalue weighted by Crippen LogP contribution is -2.36. The molecule has 0 aromatic heterocycles. The lowest BCUT2D eigenvalue weighted by atomic mass is 9.73. The first-order chi connectivity index (χ1) is 9.09. The van der Waals surface area contributed by atoms with Crippen molar-refractivity contribution >= 4 is 15.9 Å². The van der Waals surface area contributed by atoms with Crippen molar-refractivity contribution in [2.75, 3.05) is 6.54 Å². The van der Waals surface area contributed by atoms with E-state index in [-0.39, 0.29) is 11.2 Å². The molecule has 1 aromatic rings. The minimum absolute atomic E-state index is 0.295. The van der Waals surface area contributed by atoms with Gasteiger partial charge in [0.15, 0.2) is 0 Å². The van der Waals surface area contributed by atoms with Crippen molar-refractivity contribution in [1.29, 1.82) is 0 Å². The van der Waals surface area contributed by atoms with Crippen LogP contribution in [0.1, 0.15) is 50.2 Å². The van der Waals surface area contributed by atoms with E-state index >= 15 is 0 Å². The second-order valence-electron chi connectivity index (χ2n) is 5.56. The van der Waals surface area contributed by atoms with Gasteiger partial charge in [-0.3, -0.25) is 0 Å². The molecule has 0 heterocycles. The maximum atomic E-state index is 13.6. The van der Waals surface area contributed by atoms with Crippen molar-refractivity contribution in [3.8, 4) is 0 Å². The molecule has 2 nitrogen and oxygen atoms in total. The van der Waals surface area contributed by atoms with Crippen LogP contribution in [-0.2, 0) is 0 Å². The Balaban J connectivity index is 2.28. The van der Waals surface area contributed by atoms with Crippen LogP contribution in [0, 0.1) is 11.2 Å². The minimum atomic E-state index is -0.682. The number of benzene rings is 1. The van der Waals surface area contributed by atoms with Gasteiger partial charge in [-0.15, -0.1) is 0 Å². The molecule has 0 amide bonds. The Bertz CT molecular complexity index is 430. The van der Waals surface area contributed by atoms with Crippen LogP contribution in [0.2, 0.25) is 0 Å². The van der Waals surface area contributed by atoms with Gasteiger partial charge in [0.2, 0.25) is 0 Å². The van der Waals surface area contributed by atoms with Gasteiger partial charge in [0.1, 0.15) is 5.82 Å². The van der Waals surface area contributed by atoms with Gasteiger partial charge in [-0.05, 0) is 46.5 Å². The lowest BCUT2D eigenvalue weighted by Gasteiger charge is -2.36. The Hall–Kier alpha value is -0.450. The number of rotatable bonds is 3. The quantitative estimate of drug-likeness (QED) is 0.825. The monoisotopic (exact) mass is 329 g/mol. The summed E-state index contributed by atoms with van der Waals surface area (Å²) in [6.45, 7) is 0.450. The van der Waals surface area contributed by atoms with Crippen molar-refractivity contribution in [3.05, 3.63) is 34.1 Å². The van der Waals surface area contributed by atoms with Crippen LogP contribution >= 0.6 is 15.9 Å². The summed E-state index contributed by atoms with van der Waals surface area (Å²) >= 11 is 3.14. The average Bonchev–Trinajstić information content (AvgIpc) is 2.67.